The van der Waals surface area contributed by atoms with Crippen molar-refractivity contribution in [2.45, 2.75) is 58.6 Å². The van der Waals surface area contributed by atoms with Crippen molar-refractivity contribution in [3.63, 3.8) is 0 Å². The summed E-state index contributed by atoms with van der Waals surface area (Å²) in [6.07, 6.45) is 5.85. The Morgan fingerprint density at radius 3 is 2.37 bits per heavy atom. The molecule has 1 aliphatic rings. The number of aromatic nitrogens is 2. The zero-order valence-corrected chi connectivity index (χ0v) is 24.0. The summed E-state index contributed by atoms with van der Waals surface area (Å²) in [5.74, 6) is 3.05. The zero-order valence-electron chi connectivity index (χ0n) is 24.0. The van der Waals surface area contributed by atoms with Crippen LogP contribution in [0.15, 0.2) is 60.7 Å². The Hall–Kier alpha value is -4.11. The van der Waals surface area contributed by atoms with Gasteiger partial charge in [-0.15, -0.1) is 0 Å². The Labute approximate surface area is 240 Å². The molecule has 0 radical (unpaired) electrons. The van der Waals surface area contributed by atoms with E-state index >= 15 is 0 Å². The number of nitrogens with zero attached hydrogens (tertiary/aromatic N) is 4. The van der Waals surface area contributed by atoms with Gasteiger partial charge in [0.1, 0.15) is 23.4 Å². The SMILES string of the molecule is CCCCN1CCC(Oc2ccc(-c3nc4cc(Oc5ccc([N+](=O)[O-])cc5OC)ccc4n3CCC)cc2)CC1. The van der Waals surface area contributed by atoms with Gasteiger partial charge in [0.25, 0.3) is 5.69 Å². The van der Waals surface area contributed by atoms with Crippen molar-refractivity contribution in [1.29, 1.82) is 0 Å². The molecule has 216 valence electrons. The van der Waals surface area contributed by atoms with Crippen LogP contribution in [-0.2, 0) is 6.54 Å². The van der Waals surface area contributed by atoms with E-state index in [1.807, 2.05) is 30.3 Å². The van der Waals surface area contributed by atoms with Gasteiger partial charge in [0.05, 0.1) is 29.1 Å². The minimum absolute atomic E-state index is 0.0585. The van der Waals surface area contributed by atoms with E-state index in [1.165, 1.54) is 38.6 Å². The Balaban J connectivity index is 1.33. The van der Waals surface area contributed by atoms with Gasteiger partial charge in [0, 0.05) is 37.3 Å². The van der Waals surface area contributed by atoms with Crippen LogP contribution in [0.5, 0.6) is 23.0 Å². The molecule has 1 saturated heterocycles. The van der Waals surface area contributed by atoms with Gasteiger partial charge in [0.15, 0.2) is 11.5 Å². The molecular weight excluding hydrogens is 520 g/mol. The first-order valence-electron chi connectivity index (χ1n) is 14.5. The number of hydrogen-bond acceptors (Lipinski definition) is 7. The van der Waals surface area contributed by atoms with Gasteiger partial charge >= 0.3 is 0 Å². The number of unbranched alkanes of at least 4 members (excludes halogenated alkanes) is 1. The largest absolute Gasteiger partial charge is 0.493 e. The number of ether oxygens (including phenoxy) is 3. The maximum absolute atomic E-state index is 11.1. The minimum Gasteiger partial charge on any atom is -0.493 e. The highest BCUT2D eigenvalue weighted by Gasteiger charge is 2.21. The lowest BCUT2D eigenvalue weighted by atomic mass is 10.1. The van der Waals surface area contributed by atoms with Crippen LogP contribution in [0.2, 0.25) is 0 Å². The highest BCUT2D eigenvalue weighted by molar-refractivity contribution is 5.82. The van der Waals surface area contributed by atoms with Crippen molar-refractivity contribution in [2.24, 2.45) is 0 Å². The summed E-state index contributed by atoms with van der Waals surface area (Å²) in [5.41, 5.74) is 2.79. The molecule has 1 fully saturated rings. The number of non-ortho nitro benzene ring substituents is 1. The van der Waals surface area contributed by atoms with Crippen LogP contribution in [0.4, 0.5) is 5.69 Å². The standard InChI is InChI=1S/C32H38N4O5/c1-4-6-18-34-19-15-26(16-20-34)40-25-10-7-23(8-11-25)32-33-28-22-27(12-13-29(28)35(32)17-5-2)41-30-14-9-24(36(37)38)21-31(30)39-3/h7-14,21-22,26H,4-6,15-20H2,1-3H3. The molecule has 9 heteroatoms. The molecule has 41 heavy (non-hydrogen) atoms. The molecule has 1 aliphatic heterocycles. The quantitative estimate of drug-likeness (QED) is 0.132. The second kappa shape index (κ2) is 13.0. The third-order valence-corrected chi connectivity index (χ3v) is 7.53. The lowest BCUT2D eigenvalue weighted by Crippen LogP contribution is -2.38. The van der Waals surface area contributed by atoms with Gasteiger partial charge in [-0.1, -0.05) is 20.3 Å². The molecule has 5 rings (SSSR count). The normalized spacial score (nSPS) is 14.3. The molecule has 9 nitrogen and oxygen atoms in total. The van der Waals surface area contributed by atoms with Crippen molar-refractivity contribution < 1.29 is 19.1 Å². The number of fused-ring (bicyclic) bond motifs is 1. The number of rotatable bonds is 12. The maximum atomic E-state index is 11.1. The monoisotopic (exact) mass is 558 g/mol. The number of nitro groups is 1. The van der Waals surface area contributed by atoms with E-state index in [0.29, 0.717) is 17.2 Å². The van der Waals surface area contributed by atoms with Gasteiger partial charge in [-0.05, 0) is 74.7 Å². The van der Waals surface area contributed by atoms with E-state index in [0.717, 1.165) is 67.1 Å². The van der Waals surface area contributed by atoms with E-state index in [4.69, 9.17) is 19.2 Å². The second-order valence-electron chi connectivity index (χ2n) is 10.5. The summed E-state index contributed by atoms with van der Waals surface area (Å²) in [7, 11) is 1.46. The smallest absolute Gasteiger partial charge is 0.273 e. The fourth-order valence-electron chi connectivity index (χ4n) is 5.33. The van der Waals surface area contributed by atoms with Crippen LogP contribution in [0.3, 0.4) is 0 Å². The van der Waals surface area contributed by atoms with Crippen LogP contribution in [0.1, 0.15) is 46.0 Å². The predicted molar refractivity (Wildman–Crippen MR) is 160 cm³/mol. The van der Waals surface area contributed by atoms with Crippen molar-refractivity contribution in [3.05, 3.63) is 70.8 Å². The number of imidazole rings is 1. The Kier molecular flexibility index (Phi) is 9.04. The molecule has 2 heterocycles. The van der Waals surface area contributed by atoms with Crippen molar-refractivity contribution in [2.75, 3.05) is 26.7 Å². The Morgan fingerprint density at radius 2 is 1.68 bits per heavy atom. The first-order valence-corrected chi connectivity index (χ1v) is 14.5. The summed E-state index contributed by atoms with van der Waals surface area (Å²) in [6, 6.07) is 18.3. The number of likely N-dealkylation sites (tertiary alicyclic amines) is 1. The van der Waals surface area contributed by atoms with E-state index in [9.17, 15) is 10.1 Å². The van der Waals surface area contributed by atoms with E-state index in [2.05, 4.69) is 35.4 Å². The molecule has 0 N–H and O–H groups in total. The lowest BCUT2D eigenvalue weighted by Gasteiger charge is -2.32. The summed E-state index contributed by atoms with van der Waals surface area (Å²) >= 11 is 0. The molecule has 0 unspecified atom stereocenters. The molecule has 0 amide bonds. The van der Waals surface area contributed by atoms with Crippen LogP contribution in [-0.4, -0.2) is 52.2 Å². The fourth-order valence-corrected chi connectivity index (χ4v) is 5.33. The third kappa shape index (κ3) is 6.62. The molecule has 0 aliphatic carbocycles. The molecule has 0 saturated carbocycles. The van der Waals surface area contributed by atoms with E-state index < -0.39 is 4.92 Å². The van der Waals surface area contributed by atoms with Gasteiger partial charge < -0.3 is 23.7 Å². The van der Waals surface area contributed by atoms with Crippen molar-refractivity contribution >= 4 is 16.7 Å². The van der Waals surface area contributed by atoms with Gasteiger partial charge in [-0.2, -0.15) is 0 Å². The van der Waals surface area contributed by atoms with Crippen LogP contribution >= 0.6 is 0 Å². The number of aryl methyl sites for hydroxylation is 1. The highest BCUT2D eigenvalue weighted by atomic mass is 16.6. The number of methoxy groups -OCH3 is 1. The Morgan fingerprint density at radius 1 is 0.927 bits per heavy atom. The van der Waals surface area contributed by atoms with Gasteiger partial charge in [0.2, 0.25) is 0 Å². The minimum atomic E-state index is -0.462. The number of hydrogen-bond donors (Lipinski definition) is 0. The molecular formula is C32H38N4O5. The van der Waals surface area contributed by atoms with Crippen LogP contribution < -0.4 is 14.2 Å². The van der Waals surface area contributed by atoms with Crippen LogP contribution in [0, 0.1) is 10.1 Å². The molecule has 3 aromatic carbocycles. The van der Waals surface area contributed by atoms with Crippen molar-refractivity contribution in [3.8, 4) is 34.4 Å². The van der Waals surface area contributed by atoms with Gasteiger partial charge in [-0.3, -0.25) is 10.1 Å². The number of benzene rings is 3. The first-order chi connectivity index (χ1) is 20.0. The van der Waals surface area contributed by atoms with E-state index in [1.54, 1.807) is 6.07 Å². The molecule has 0 spiro atoms. The van der Waals surface area contributed by atoms with Crippen molar-refractivity contribution in [1.82, 2.24) is 14.5 Å². The predicted octanol–water partition coefficient (Wildman–Crippen LogP) is 7.47. The average molecular weight is 559 g/mol. The number of piperidine rings is 1. The average Bonchev–Trinajstić information content (AvgIpc) is 3.35. The number of nitro benzene ring substituents is 1. The van der Waals surface area contributed by atoms with Crippen LogP contribution in [0.25, 0.3) is 22.4 Å². The summed E-state index contributed by atoms with van der Waals surface area (Å²) < 4.78 is 19.9. The Bertz CT molecular complexity index is 1480. The molecule has 0 atom stereocenters. The van der Waals surface area contributed by atoms with Gasteiger partial charge in [-0.25, -0.2) is 4.98 Å². The first kappa shape index (κ1) is 28.4. The summed E-state index contributed by atoms with van der Waals surface area (Å²) in [6.45, 7) is 8.62. The lowest BCUT2D eigenvalue weighted by molar-refractivity contribution is -0.384. The maximum Gasteiger partial charge on any atom is 0.273 e. The fraction of sp³-hybridized carbons (Fsp3) is 0.406. The second-order valence-corrected chi connectivity index (χ2v) is 10.5. The molecule has 4 aromatic rings. The third-order valence-electron chi connectivity index (χ3n) is 7.53. The summed E-state index contributed by atoms with van der Waals surface area (Å²) in [4.78, 5) is 18.2. The summed E-state index contributed by atoms with van der Waals surface area (Å²) in [5, 5.41) is 11.1. The van der Waals surface area contributed by atoms with E-state index in [-0.39, 0.29) is 11.8 Å². The highest BCUT2D eigenvalue weighted by Crippen LogP contribution is 2.36. The topological polar surface area (TPSA) is 91.9 Å². The zero-order chi connectivity index (χ0) is 28.8. The molecule has 1 aromatic heterocycles. The molecule has 0 bridgehead atoms.